The molecule has 2 fully saturated rings. The number of rotatable bonds is 1. The van der Waals surface area contributed by atoms with Crippen molar-refractivity contribution in [3.05, 3.63) is 0 Å². The molecule has 3 atom stereocenters. The van der Waals surface area contributed by atoms with Gasteiger partial charge in [0, 0.05) is 12.0 Å². The van der Waals surface area contributed by atoms with E-state index in [1.807, 2.05) is 0 Å². The summed E-state index contributed by atoms with van der Waals surface area (Å²) >= 11 is 0. The van der Waals surface area contributed by atoms with E-state index in [4.69, 9.17) is 10.5 Å². The Morgan fingerprint density at radius 3 is 3.00 bits per heavy atom. The molecule has 0 amide bonds. The Balaban J connectivity index is 2.14. The maximum Gasteiger partial charge on any atom is 0.0647 e. The second-order valence-corrected chi connectivity index (χ2v) is 4.45. The summed E-state index contributed by atoms with van der Waals surface area (Å²) in [5.74, 6) is 0. The van der Waals surface area contributed by atoms with Crippen molar-refractivity contribution in [1.29, 1.82) is 0 Å². The quantitative estimate of drug-likeness (QED) is 0.648. The van der Waals surface area contributed by atoms with Gasteiger partial charge < -0.3 is 10.5 Å². The standard InChI is InChI=1S/C10H19NO/c1-8-6-10(7-11)5-3-2-4-9(10)12-8/h8-9H,2-7,11H2,1H3/t8-,9-,10+/m1/s1. The van der Waals surface area contributed by atoms with Crippen molar-refractivity contribution in [2.75, 3.05) is 6.54 Å². The third kappa shape index (κ3) is 1.17. The predicted molar refractivity (Wildman–Crippen MR) is 48.9 cm³/mol. The minimum absolute atomic E-state index is 0.359. The molecular formula is C10H19NO. The van der Waals surface area contributed by atoms with Crippen LogP contribution >= 0.6 is 0 Å². The first-order chi connectivity index (χ1) is 5.77. The lowest BCUT2D eigenvalue weighted by Crippen LogP contribution is -2.40. The maximum atomic E-state index is 5.88. The number of ether oxygens (including phenoxy) is 1. The molecule has 1 saturated heterocycles. The predicted octanol–water partition coefficient (Wildman–Crippen LogP) is 1.68. The fraction of sp³-hybridized carbons (Fsp3) is 1.00. The van der Waals surface area contributed by atoms with Crippen molar-refractivity contribution < 1.29 is 4.74 Å². The van der Waals surface area contributed by atoms with Gasteiger partial charge in [-0.05, 0) is 26.2 Å². The van der Waals surface area contributed by atoms with E-state index in [9.17, 15) is 0 Å². The molecule has 1 aliphatic carbocycles. The summed E-state index contributed by atoms with van der Waals surface area (Å²) in [6.07, 6.45) is 7.32. The largest absolute Gasteiger partial charge is 0.375 e. The van der Waals surface area contributed by atoms with Crippen LogP contribution in [0.1, 0.15) is 39.0 Å². The van der Waals surface area contributed by atoms with Gasteiger partial charge in [-0.1, -0.05) is 12.8 Å². The van der Waals surface area contributed by atoms with Gasteiger partial charge in [0.1, 0.15) is 0 Å². The summed E-state index contributed by atoms with van der Waals surface area (Å²) < 4.78 is 5.88. The molecule has 2 nitrogen and oxygen atoms in total. The number of hydrogen-bond acceptors (Lipinski definition) is 2. The normalized spacial score (nSPS) is 47.5. The zero-order valence-corrected chi connectivity index (χ0v) is 7.88. The Morgan fingerprint density at radius 2 is 2.33 bits per heavy atom. The lowest BCUT2D eigenvalue weighted by Gasteiger charge is -2.36. The highest BCUT2D eigenvalue weighted by Gasteiger charge is 2.46. The molecule has 0 aromatic rings. The summed E-state index contributed by atoms with van der Waals surface area (Å²) in [5.41, 5.74) is 6.22. The number of fused-ring (bicyclic) bond motifs is 1. The Labute approximate surface area is 74.5 Å². The van der Waals surface area contributed by atoms with E-state index in [0.29, 0.717) is 17.6 Å². The minimum atomic E-state index is 0.359. The van der Waals surface area contributed by atoms with Gasteiger partial charge in [0.05, 0.1) is 12.2 Å². The molecular weight excluding hydrogens is 150 g/mol. The first kappa shape index (κ1) is 8.52. The van der Waals surface area contributed by atoms with Gasteiger partial charge in [0.25, 0.3) is 0 Å². The van der Waals surface area contributed by atoms with E-state index in [0.717, 1.165) is 6.54 Å². The average Bonchev–Trinajstić information content (AvgIpc) is 2.41. The zero-order valence-electron chi connectivity index (χ0n) is 7.88. The van der Waals surface area contributed by atoms with Crippen LogP contribution < -0.4 is 5.73 Å². The van der Waals surface area contributed by atoms with E-state index < -0.39 is 0 Å². The Kier molecular flexibility index (Phi) is 2.13. The van der Waals surface area contributed by atoms with E-state index >= 15 is 0 Å². The molecule has 1 aliphatic heterocycles. The van der Waals surface area contributed by atoms with Gasteiger partial charge in [0.15, 0.2) is 0 Å². The van der Waals surface area contributed by atoms with Crippen LogP contribution in [0, 0.1) is 5.41 Å². The lowest BCUT2D eigenvalue weighted by molar-refractivity contribution is -0.00327. The summed E-state index contributed by atoms with van der Waals surface area (Å²) in [5, 5.41) is 0. The fourth-order valence-corrected chi connectivity index (χ4v) is 2.94. The molecule has 2 heteroatoms. The lowest BCUT2D eigenvalue weighted by atomic mass is 9.71. The van der Waals surface area contributed by atoms with E-state index in [2.05, 4.69) is 6.92 Å². The van der Waals surface area contributed by atoms with Gasteiger partial charge in [-0.2, -0.15) is 0 Å². The Morgan fingerprint density at radius 1 is 1.50 bits per heavy atom. The van der Waals surface area contributed by atoms with Crippen molar-refractivity contribution in [2.45, 2.75) is 51.2 Å². The van der Waals surface area contributed by atoms with E-state index in [1.54, 1.807) is 0 Å². The molecule has 2 N–H and O–H groups in total. The van der Waals surface area contributed by atoms with Crippen LogP contribution in [0.4, 0.5) is 0 Å². The van der Waals surface area contributed by atoms with Crippen LogP contribution in [-0.2, 0) is 4.74 Å². The van der Waals surface area contributed by atoms with Crippen LogP contribution in [0.15, 0.2) is 0 Å². The molecule has 12 heavy (non-hydrogen) atoms. The van der Waals surface area contributed by atoms with Crippen LogP contribution in [0.2, 0.25) is 0 Å². The smallest absolute Gasteiger partial charge is 0.0647 e. The molecule has 1 heterocycles. The van der Waals surface area contributed by atoms with Crippen LogP contribution in [0.3, 0.4) is 0 Å². The summed E-state index contributed by atoms with van der Waals surface area (Å²) in [6, 6.07) is 0. The third-order valence-corrected chi connectivity index (χ3v) is 3.57. The number of hydrogen-bond donors (Lipinski definition) is 1. The molecule has 0 bridgehead atoms. The summed E-state index contributed by atoms with van der Waals surface area (Å²) in [6.45, 7) is 3.00. The van der Waals surface area contributed by atoms with Gasteiger partial charge in [0.2, 0.25) is 0 Å². The first-order valence-corrected chi connectivity index (χ1v) is 5.12. The van der Waals surface area contributed by atoms with Crippen molar-refractivity contribution in [1.82, 2.24) is 0 Å². The second kappa shape index (κ2) is 3.00. The zero-order chi connectivity index (χ0) is 8.60. The molecule has 2 aliphatic rings. The van der Waals surface area contributed by atoms with E-state index in [-0.39, 0.29) is 0 Å². The molecule has 2 rings (SSSR count). The van der Waals surface area contributed by atoms with Crippen LogP contribution in [0.25, 0.3) is 0 Å². The highest BCUT2D eigenvalue weighted by molar-refractivity contribution is 4.97. The van der Waals surface area contributed by atoms with Crippen molar-refractivity contribution in [2.24, 2.45) is 11.1 Å². The summed E-state index contributed by atoms with van der Waals surface area (Å²) in [4.78, 5) is 0. The fourth-order valence-electron chi connectivity index (χ4n) is 2.94. The SMILES string of the molecule is C[C@@H]1C[C@]2(CN)CCCC[C@H]2O1. The van der Waals surface area contributed by atoms with Gasteiger partial charge >= 0.3 is 0 Å². The second-order valence-electron chi connectivity index (χ2n) is 4.45. The average molecular weight is 169 g/mol. The van der Waals surface area contributed by atoms with Gasteiger partial charge in [-0.15, -0.1) is 0 Å². The molecule has 1 saturated carbocycles. The molecule has 0 aromatic heterocycles. The van der Waals surface area contributed by atoms with Crippen molar-refractivity contribution in [3.8, 4) is 0 Å². The molecule has 0 unspecified atom stereocenters. The molecule has 0 radical (unpaired) electrons. The maximum absolute atomic E-state index is 5.88. The third-order valence-electron chi connectivity index (χ3n) is 3.57. The van der Waals surface area contributed by atoms with Gasteiger partial charge in [-0.25, -0.2) is 0 Å². The Hall–Kier alpha value is -0.0800. The molecule has 0 aromatic carbocycles. The van der Waals surface area contributed by atoms with Gasteiger partial charge in [-0.3, -0.25) is 0 Å². The van der Waals surface area contributed by atoms with E-state index in [1.165, 1.54) is 32.1 Å². The topological polar surface area (TPSA) is 35.2 Å². The number of nitrogens with two attached hydrogens (primary N) is 1. The highest BCUT2D eigenvalue weighted by Crippen LogP contribution is 2.46. The first-order valence-electron chi connectivity index (χ1n) is 5.12. The molecule has 0 spiro atoms. The van der Waals surface area contributed by atoms with Crippen molar-refractivity contribution >= 4 is 0 Å². The summed E-state index contributed by atoms with van der Waals surface area (Å²) in [7, 11) is 0. The molecule has 70 valence electrons. The van der Waals surface area contributed by atoms with Crippen LogP contribution in [0.5, 0.6) is 0 Å². The van der Waals surface area contributed by atoms with Crippen LogP contribution in [-0.4, -0.2) is 18.8 Å². The minimum Gasteiger partial charge on any atom is -0.375 e. The highest BCUT2D eigenvalue weighted by atomic mass is 16.5. The van der Waals surface area contributed by atoms with Crippen molar-refractivity contribution in [3.63, 3.8) is 0 Å². The Bertz CT molecular complexity index is 171. The monoisotopic (exact) mass is 169 g/mol.